The molecule has 2 aromatic rings. The number of ether oxygens (including phenoxy) is 1. The van der Waals surface area contributed by atoms with Crippen molar-refractivity contribution in [2.75, 3.05) is 20.2 Å². The highest BCUT2D eigenvalue weighted by atomic mass is 16.5. The molecular weight excluding hydrogens is 384 g/mol. The summed E-state index contributed by atoms with van der Waals surface area (Å²) in [4.78, 5) is 46.0. The van der Waals surface area contributed by atoms with Gasteiger partial charge in [0.15, 0.2) is 0 Å². The van der Waals surface area contributed by atoms with Gasteiger partial charge in [0.25, 0.3) is 11.5 Å². The number of H-pyrrole nitrogens is 1. The minimum Gasteiger partial charge on any atom is -0.467 e. The van der Waals surface area contributed by atoms with E-state index in [9.17, 15) is 9.59 Å². The summed E-state index contributed by atoms with van der Waals surface area (Å²) < 4.78 is 4.97. The number of nitrogens with one attached hydrogen (secondary N) is 1. The average Bonchev–Trinajstić information content (AvgIpc) is 2.78. The lowest BCUT2D eigenvalue weighted by atomic mass is 9.99. The van der Waals surface area contributed by atoms with Crippen molar-refractivity contribution in [3.8, 4) is 6.01 Å². The second kappa shape index (κ2) is 8.51. The molecule has 0 aliphatic carbocycles. The summed E-state index contributed by atoms with van der Waals surface area (Å²) in [5.74, 6) is 0.424. The highest BCUT2D eigenvalue weighted by molar-refractivity contribution is 5.94. The molecule has 0 radical (unpaired) electrons. The fourth-order valence-corrected chi connectivity index (χ4v) is 4.22. The topological polar surface area (TPSA) is 104 Å². The van der Waals surface area contributed by atoms with Crippen molar-refractivity contribution in [3.05, 3.63) is 45.4 Å². The number of rotatable bonds is 4. The van der Waals surface area contributed by atoms with Crippen LogP contribution in [0.25, 0.3) is 0 Å². The number of hydrogen-bond donors (Lipinski definition) is 1. The Bertz CT molecular complexity index is 972. The smallest absolute Gasteiger partial charge is 0.316 e. The molecule has 0 saturated carbocycles. The van der Waals surface area contributed by atoms with Crippen LogP contribution in [-0.4, -0.2) is 61.9 Å². The summed E-state index contributed by atoms with van der Waals surface area (Å²) >= 11 is 0. The van der Waals surface area contributed by atoms with Crippen LogP contribution in [-0.2, 0) is 13.0 Å². The maximum absolute atomic E-state index is 13.2. The lowest BCUT2D eigenvalue weighted by Crippen LogP contribution is -2.42. The predicted octanol–water partition coefficient (Wildman–Crippen LogP) is 1.70. The van der Waals surface area contributed by atoms with Gasteiger partial charge in [-0.3, -0.25) is 14.5 Å². The van der Waals surface area contributed by atoms with Crippen molar-refractivity contribution >= 4 is 5.91 Å². The lowest BCUT2D eigenvalue weighted by Gasteiger charge is -2.36. The Hall–Kier alpha value is -2.81. The second-order valence-corrected chi connectivity index (χ2v) is 8.16. The zero-order chi connectivity index (χ0) is 21.3. The van der Waals surface area contributed by atoms with Gasteiger partial charge < -0.3 is 14.6 Å². The number of carbonyl (C=O) groups is 1. The highest BCUT2D eigenvalue weighted by Crippen LogP contribution is 2.30. The summed E-state index contributed by atoms with van der Waals surface area (Å²) in [7, 11) is 1.48. The summed E-state index contributed by atoms with van der Waals surface area (Å²) in [6.07, 6.45) is 6.36. The molecule has 0 aromatic carbocycles. The van der Waals surface area contributed by atoms with Gasteiger partial charge in [-0.2, -0.15) is 0 Å². The summed E-state index contributed by atoms with van der Waals surface area (Å²) in [6.45, 7) is 6.38. The van der Waals surface area contributed by atoms with E-state index < -0.39 is 0 Å². The van der Waals surface area contributed by atoms with Crippen LogP contribution in [0.4, 0.5) is 0 Å². The van der Waals surface area contributed by atoms with Gasteiger partial charge in [-0.25, -0.2) is 15.0 Å². The summed E-state index contributed by atoms with van der Waals surface area (Å²) in [5, 5.41) is 0. The average molecular weight is 412 g/mol. The number of nitrogens with zero attached hydrogens (tertiary/aromatic N) is 5. The van der Waals surface area contributed by atoms with Gasteiger partial charge in [-0.15, -0.1) is 0 Å². The molecule has 2 aromatic heterocycles. The van der Waals surface area contributed by atoms with E-state index in [4.69, 9.17) is 9.72 Å². The Morgan fingerprint density at radius 3 is 2.70 bits per heavy atom. The number of methoxy groups -OCH3 is 1. The van der Waals surface area contributed by atoms with Crippen molar-refractivity contribution in [2.45, 2.75) is 58.2 Å². The normalized spacial score (nSPS) is 19.6. The molecule has 4 rings (SSSR count). The summed E-state index contributed by atoms with van der Waals surface area (Å²) in [5.41, 5.74) is 1.91. The monoisotopic (exact) mass is 412 g/mol. The Balaban J connectivity index is 1.62. The molecule has 1 amide bonds. The first-order valence-electron chi connectivity index (χ1n) is 10.5. The number of hydrogen-bond acceptors (Lipinski definition) is 7. The Morgan fingerprint density at radius 1 is 1.23 bits per heavy atom. The van der Waals surface area contributed by atoms with Crippen LogP contribution in [0.15, 0.2) is 17.2 Å². The van der Waals surface area contributed by atoms with Crippen LogP contribution in [0.5, 0.6) is 6.01 Å². The van der Waals surface area contributed by atoms with E-state index in [2.05, 4.69) is 33.7 Å². The first-order valence-corrected chi connectivity index (χ1v) is 10.5. The largest absolute Gasteiger partial charge is 0.467 e. The number of carbonyl (C=O) groups excluding carboxylic acids is 1. The third-order valence-corrected chi connectivity index (χ3v) is 5.98. The van der Waals surface area contributed by atoms with Crippen molar-refractivity contribution < 1.29 is 9.53 Å². The fourth-order valence-electron chi connectivity index (χ4n) is 4.22. The lowest BCUT2D eigenvalue weighted by molar-refractivity contribution is 0.0597. The molecule has 1 unspecified atom stereocenters. The number of fused-ring (bicyclic) bond motifs is 1. The summed E-state index contributed by atoms with van der Waals surface area (Å²) in [6, 6.07) is 0.350. The Labute approximate surface area is 175 Å². The third kappa shape index (κ3) is 3.94. The van der Waals surface area contributed by atoms with Gasteiger partial charge in [-0.05, 0) is 33.1 Å². The molecule has 30 heavy (non-hydrogen) atoms. The Kier molecular flexibility index (Phi) is 5.80. The maximum Gasteiger partial charge on any atom is 0.316 e. The third-order valence-electron chi connectivity index (χ3n) is 5.98. The standard InChI is InChI=1S/C21H28N6O3/c1-13(2)26-9-7-16-15(12-26)19(28)25-18(24-16)17-6-4-5-8-27(17)20(29)14-10-22-21(30-3)23-11-14/h10-11,13,17H,4-9,12H2,1-3H3,(H,24,25,28). The van der Waals surface area contributed by atoms with Gasteiger partial charge in [0.1, 0.15) is 5.82 Å². The van der Waals surface area contributed by atoms with E-state index in [-0.39, 0.29) is 23.5 Å². The number of aromatic amines is 1. The molecular formula is C21H28N6O3. The molecule has 9 heteroatoms. The van der Waals surface area contributed by atoms with Crippen molar-refractivity contribution in [2.24, 2.45) is 0 Å². The van der Waals surface area contributed by atoms with Gasteiger partial charge in [0.2, 0.25) is 0 Å². The van der Waals surface area contributed by atoms with Gasteiger partial charge in [0, 0.05) is 44.5 Å². The van der Waals surface area contributed by atoms with Gasteiger partial charge >= 0.3 is 6.01 Å². The molecule has 2 aliphatic rings. The molecule has 2 aliphatic heterocycles. The SMILES string of the molecule is COc1ncc(C(=O)N2CCCCC2c2nc3c(c(=O)[nH]2)CN(C(C)C)CC3)cn1. The molecule has 160 valence electrons. The van der Waals surface area contributed by atoms with E-state index in [0.717, 1.165) is 43.5 Å². The predicted molar refractivity (Wildman–Crippen MR) is 110 cm³/mol. The van der Waals surface area contributed by atoms with Crippen molar-refractivity contribution in [1.29, 1.82) is 0 Å². The first-order chi connectivity index (χ1) is 14.5. The fraction of sp³-hybridized carbons (Fsp3) is 0.571. The van der Waals surface area contributed by atoms with Crippen LogP contribution >= 0.6 is 0 Å². The molecule has 1 saturated heterocycles. The molecule has 0 bridgehead atoms. The number of aromatic nitrogens is 4. The van der Waals surface area contributed by atoms with Gasteiger partial charge in [0.05, 0.1) is 30.0 Å². The molecule has 1 fully saturated rings. The first kappa shape index (κ1) is 20.5. The van der Waals surface area contributed by atoms with E-state index >= 15 is 0 Å². The van der Waals surface area contributed by atoms with Crippen molar-refractivity contribution in [3.63, 3.8) is 0 Å². The van der Waals surface area contributed by atoms with Crippen LogP contribution in [0, 0.1) is 0 Å². The second-order valence-electron chi connectivity index (χ2n) is 8.16. The van der Waals surface area contributed by atoms with E-state index in [0.29, 0.717) is 30.5 Å². The van der Waals surface area contributed by atoms with Gasteiger partial charge in [-0.1, -0.05) is 0 Å². The number of piperidine rings is 1. The zero-order valence-electron chi connectivity index (χ0n) is 17.7. The van der Waals surface area contributed by atoms with E-state index in [1.54, 1.807) is 4.90 Å². The zero-order valence-corrected chi connectivity index (χ0v) is 17.7. The van der Waals surface area contributed by atoms with Crippen LogP contribution in [0.2, 0.25) is 0 Å². The quantitative estimate of drug-likeness (QED) is 0.815. The number of likely N-dealkylation sites (tertiary alicyclic amines) is 1. The molecule has 0 spiro atoms. The van der Waals surface area contributed by atoms with E-state index in [1.807, 2.05) is 0 Å². The van der Waals surface area contributed by atoms with E-state index in [1.165, 1.54) is 19.5 Å². The van der Waals surface area contributed by atoms with Crippen LogP contribution < -0.4 is 10.3 Å². The Morgan fingerprint density at radius 2 is 2.00 bits per heavy atom. The van der Waals surface area contributed by atoms with Crippen molar-refractivity contribution in [1.82, 2.24) is 29.7 Å². The minimum atomic E-state index is -0.255. The maximum atomic E-state index is 13.2. The molecule has 4 heterocycles. The van der Waals surface area contributed by atoms with Crippen LogP contribution in [0.3, 0.4) is 0 Å². The molecule has 1 atom stereocenters. The molecule has 1 N–H and O–H groups in total. The molecule has 9 nitrogen and oxygen atoms in total. The number of amides is 1. The highest BCUT2D eigenvalue weighted by Gasteiger charge is 2.32. The minimum absolute atomic E-state index is 0.0916. The van der Waals surface area contributed by atoms with Crippen LogP contribution in [0.1, 0.15) is 66.6 Å².